The molecule has 0 amide bonds. The van der Waals surface area contributed by atoms with Crippen LogP contribution in [0.4, 0.5) is 11.4 Å². The van der Waals surface area contributed by atoms with Gasteiger partial charge in [0, 0.05) is 30.9 Å². The largest absolute Gasteiger partial charge is 1.00 e. The van der Waals surface area contributed by atoms with Gasteiger partial charge in [-0.2, -0.15) is 10.2 Å². The van der Waals surface area contributed by atoms with Crippen LogP contribution < -0.4 is 49.9 Å². The number of hydrogen-bond acceptors (Lipinski definition) is 8. The van der Waals surface area contributed by atoms with Crippen LogP contribution in [0, 0.1) is 0 Å². The minimum atomic E-state index is -3.84. The van der Waals surface area contributed by atoms with Gasteiger partial charge in [0.25, 0.3) is 0 Å². The quantitative estimate of drug-likeness (QED) is 0.298. The van der Waals surface area contributed by atoms with Gasteiger partial charge in [-0.3, -0.25) is 5.43 Å². The van der Waals surface area contributed by atoms with E-state index in [1.54, 1.807) is 25.1 Å². The summed E-state index contributed by atoms with van der Waals surface area (Å²) in [5, 5.41) is 17.4. The number of carboxylic acids is 1. The number of rotatable bonds is 8. The number of aromatic carboxylic acids is 1. The number of nitrogens with zero attached hydrogens (tertiary/aromatic N) is 3. The Morgan fingerprint density at radius 3 is 2.43 bits per heavy atom. The van der Waals surface area contributed by atoms with Crippen LogP contribution in [-0.4, -0.2) is 46.1 Å². The van der Waals surface area contributed by atoms with Crippen molar-refractivity contribution in [3.63, 3.8) is 0 Å². The molecule has 2 aromatic carbocycles. The second-order valence-electron chi connectivity index (χ2n) is 5.90. The third-order valence-electron chi connectivity index (χ3n) is 3.81. The van der Waals surface area contributed by atoms with Crippen LogP contribution in [0.1, 0.15) is 17.3 Å². The average molecular weight is 463 g/mol. The number of ether oxygens (including phenoxy) is 1. The zero-order valence-corrected chi connectivity index (χ0v) is 20.8. The molecule has 0 aliphatic carbocycles. The Kier molecular flexibility index (Phi) is 9.60. The number of carbonyl (C=O) groups excluding carboxylic acids is 1. The van der Waals surface area contributed by atoms with Gasteiger partial charge in [0.1, 0.15) is 5.75 Å². The van der Waals surface area contributed by atoms with Crippen molar-refractivity contribution >= 4 is 45.2 Å². The summed E-state index contributed by atoms with van der Waals surface area (Å²) in [6.45, 7) is 1.63. The summed E-state index contributed by atoms with van der Waals surface area (Å²) in [7, 11) is 0.332. The predicted octanol–water partition coefficient (Wildman–Crippen LogP) is -1.19. The molecule has 0 unspecified atom stereocenters. The number of carbonyl (C=O) groups is 1. The Hall–Kier alpha value is -1.82. The van der Waals surface area contributed by atoms with E-state index in [9.17, 15) is 18.3 Å². The fourth-order valence-electron chi connectivity index (χ4n) is 2.38. The number of hydrogen-bond donors (Lipinski definition) is 1. The first-order valence-electron chi connectivity index (χ1n) is 8.28. The Bertz CT molecular complexity index is 1050. The first-order valence-corrected chi connectivity index (χ1v) is 10.1. The molecule has 2 aromatic rings. The molecule has 0 fully saturated rings. The summed E-state index contributed by atoms with van der Waals surface area (Å²) in [6.07, 6.45) is 1.42. The Labute approximate surface area is 202 Å². The van der Waals surface area contributed by atoms with E-state index in [4.69, 9.17) is 16.3 Å². The number of hydrazine groups is 1. The van der Waals surface area contributed by atoms with Crippen LogP contribution in [0.15, 0.2) is 46.4 Å². The smallest absolute Gasteiger partial charge is 0.545 e. The molecule has 30 heavy (non-hydrogen) atoms. The summed E-state index contributed by atoms with van der Waals surface area (Å²) in [5.41, 5.74) is 3.01. The molecule has 156 valence electrons. The van der Waals surface area contributed by atoms with Crippen LogP contribution >= 0.6 is 11.6 Å². The second-order valence-corrected chi connectivity index (χ2v) is 8.48. The van der Waals surface area contributed by atoms with Gasteiger partial charge in [0.2, 0.25) is 10.0 Å². The van der Waals surface area contributed by atoms with E-state index in [2.05, 4.69) is 10.5 Å². The maximum Gasteiger partial charge on any atom is 1.00 e. The van der Waals surface area contributed by atoms with Gasteiger partial charge in [-0.15, -0.1) is 0 Å². The molecule has 0 aliphatic rings. The van der Waals surface area contributed by atoms with Crippen LogP contribution in [0.5, 0.6) is 5.75 Å². The number of methoxy groups -OCH3 is 1. The topological polar surface area (TPSA) is 114 Å². The van der Waals surface area contributed by atoms with Crippen LogP contribution in [-0.2, 0) is 10.0 Å². The normalized spacial score (nSPS) is 11.3. The van der Waals surface area contributed by atoms with E-state index in [1.807, 2.05) is 0 Å². The van der Waals surface area contributed by atoms with Crippen molar-refractivity contribution in [3.8, 4) is 5.75 Å². The van der Waals surface area contributed by atoms with E-state index >= 15 is 0 Å². The summed E-state index contributed by atoms with van der Waals surface area (Å²) in [5.74, 6) is -1.13. The van der Waals surface area contributed by atoms with Crippen LogP contribution in [0.25, 0.3) is 0 Å². The predicted molar refractivity (Wildman–Crippen MR) is 110 cm³/mol. The van der Waals surface area contributed by atoms with Crippen molar-refractivity contribution in [2.45, 2.75) is 11.8 Å². The summed E-state index contributed by atoms with van der Waals surface area (Å²) < 4.78 is 31.0. The molecule has 0 atom stereocenters. The molecular weight excluding hydrogens is 443 g/mol. The minimum absolute atomic E-state index is 0. The number of carboxylic acid groups (broad SMARTS) is 1. The van der Waals surface area contributed by atoms with Crippen LogP contribution in [0.2, 0.25) is 5.02 Å². The number of halogens is 1. The molecular formula is C18H20ClN4NaO5S. The van der Waals surface area contributed by atoms with Gasteiger partial charge in [0.15, 0.2) is 0 Å². The van der Waals surface area contributed by atoms with Gasteiger partial charge < -0.3 is 14.6 Å². The molecule has 0 heterocycles. The van der Waals surface area contributed by atoms with Gasteiger partial charge in [-0.05, 0) is 43.3 Å². The van der Waals surface area contributed by atoms with Crippen molar-refractivity contribution in [1.82, 2.24) is 4.31 Å². The first kappa shape index (κ1) is 26.2. The molecule has 0 bridgehead atoms. The monoisotopic (exact) mass is 462 g/mol. The Balaban J connectivity index is 0.00000450. The van der Waals surface area contributed by atoms with Crippen molar-refractivity contribution in [3.05, 3.63) is 47.0 Å². The van der Waals surface area contributed by atoms with Crippen molar-refractivity contribution < 1.29 is 52.6 Å². The maximum atomic E-state index is 12.3. The molecule has 0 saturated carbocycles. The maximum absolute atomic E-state index is 12.3. The summed E-state index contributed by atoms with van der Waals surface area (Å²) >= 11 is 6.03. The first-order chi connectivity index (χ1) is 13.6. The number of anilines is 2. The second kappa shape index (κ2) is 11.0. The molecule has 0 spiro atoms. The van der Waals surface area contributed by atoms with Gasteiger partial charge >= 0.3 is 29.6 Å². The number of nitrogens with one attached hydrogen (secondary N) is 1. The van der Waals surface area contributed by atoms with Crippen molar-refractivity contribution in [1.29, 1.82) is 0 Å². The summed E-state index contributed by atoms with van der Waals surface area (Å²) in [6, 6.07) is 8.46. The third kappa shape index (κ3) is 5.87. The standard InChI is InChI=1S/C18H21ClN4O5S.Na/c1-5-20-23(21-15-10-12(19)6-9-17(15)28-4)16-8-7-13(11-14(16)18(24)25)29(26,27)22(2)3;/h5-11,21H,1-4H3,(H,24,25);/q;+1/p-1/b20-5-;. The van der Waals surface area contributed by atoms with E-state index < -0.39 is 16.0 Å². The zero-order chi connectivity index (χ0) is 21.8. The Morgan fingerprint density at radius 1 is 1.23 bits per heavy atom. The van der Waals surface area contributed by atoms with Crippen molar-refractivity contribution in [2.75, 3.05) is 31.7 Å². The SMILES string of the molecule is C/C=N\N(Nc1cc(Cl)ccc1OC)c1ccc(S(=O)(=O)N(C)C)cc1C(=O)[O-].[Na+]. The van der Waals surface area contributed by atoms with E-state index in [0.29, 0.717) is 16.5 Å². The molecule has 2 rings (SSSR count). The summed E-state index contributed by atoms with van der Waals surface area (Å²) in [4.78, 5) is 11.5. The Morgan fingerprint density at radius 2 is 1.90 bits per heavy atom. The minimum Gasteiger partial charge on any atom is -0.545 e. The van der Waals surface area contributed by atoms with E-state index in [0.717, 1.165) is 15.5 Å². The third-order valence-corrected chi connectivity index (χ3v) is 5.86. The number of hydrazone groups is 1. The fraction of sp³-hybridized carbons (Fsp3) is 0.222. The molecule has 0 aromatic heterocycles. The molecule has 9 nitrogen and oxygen atoms in total. The van der Waals surface area contributed by atoms with Gasteiger partial charge in [-0.1, -0.05) is 11.6 Å². The van der Waals surface area contributed by atoms with Crippen LogP contribution in [0.3, 0.4) is 0 Å². The molecule has 0 saturated heterocycles. The van der Waals surface area contributed by atoms with E-state index in [1.165, 1.54) is 39.6 Å². The molecule has 1 N–H and O–H groups in total. The zero-order valence-electron chi connectivity index (χ0n) is 17.2. The van der Waals surface area contributed by atoms with E-state index in [-0.39, 0.29) is 45.7 Å². The van der Waals surface area contributed by atoms with Crippen molar-refractivity contribution in [2.24, 2.45) is 5.10 Å². The number of benzene rings is 2. The number of sulfonamides is 1. The molecule has 12 heteroatoms. The van der Waals surface area contributed by atoms with Gasteiger partial charge in [0.05, 0.1) is 29.3 Å². The fourth-order valence-corrected chi connectivity index (χ4v) is 3.48. The molecule has 0 aliphatic heterocycles. The average Bonchev–Trinajstić information content (AvgIpc) is 2.67. The van der Waals surface area contributed by atoms with Gasteiger partial charge in [-0.25, -0.2) is 12.7 Å². The molecule has 0 radical (unpaired) electrons.